The summed E-state index contributed by atoms with van der Waals surface area (Å²) in [6.07, 6.45) is 0.00574. The maximum atomic E-state index is 11.8. The number of nitrogens with zero attached hydrogens (tertiary/aromatic N) is 1. The molecule has 0 saturated carbocycles. The fourth-order valence-electron chi connectivity index (χ4n) is 2.76. The number of esters is 1. The van der Waals surface area contributed by atoms with Gasteiger partial charge in [-0.15, -0.1) is 0 Å². The lowest BCUT2D eigenvalue weighted by molar-refractivity contribution is -0.156. The Balaban J connectivity index is 2.08. The molecule has 3 atom stereocenters. The number of aliphatic hydroxyl groups excluding tert-OH is 1. The number of hydrogen-bond acceptors (Lipinski definition) is 4. The first-order chi connectivity index (χ1) is 9.13. The van der Waals surface area contributed by atoms with Crippen molar-refractivity contribution in [3.8, 4) is 0 Å². The Labute approximate surface area is 114 Å². The summed E-state index contributed by atoms with van der Waals surface area (Å²) < 4.78 is 4.80. The van der Waals surface area contributed by atoms with Crippen LogP contribution in [-0.4, -0.2) is 41.8 Å². The van der Waals surface area contributed by atoms with Crippen LogP contribution in [0.15, 0.2) is 30.3 Å². The Morgan fingerprint density at radius 3 is 2.74 bits per heavy atom. The van der Waals surface area contributed by atoms with Gasteiger partial charge in [0.15, 0.2) is 0 Å². The van der Waals surface area contributed by atoms with E-state index < -0.39 is 12.0 Å². The Bertz CT molecular complexity index is 421. The minimum absolute atomic E-state index is 0.0172. The van der Waals surface area contributed by atoms with Gasteiger partial charge in [-0.25, -0.2) is 0 Å². The molecule has 0 unspecified atom stereocenters. The lowest BCUT2D eigenvalue weighted by Crippen LogP contribution is -2.52. The third kappa shape index (κ3) is 3.14. The zero-order chi connectivity index (χ0) is 13.8. The average Bonchev–Trinajstić information content (AvgIpc) is 2.43. The normalized spacial score (nSPS) is 28.1. The fraction of sp³-hybridized carbons (Fsp3) is 0.533. The van der Waals surface area contributed by atoms with E-state index in [4.69, 9.17) is 4.74 Å². The summed E-state index contributed by atoms with van der Waals surface area (Å²) in [6, 6.07) is 10.1. The minimum atomic E-state index is -0.602. The number of likely N-dealkylation sites (tertiary alicyclic amines) is 1. The van der Waals surface area contributed by atoms with Gasteiger partial charge in [-0.1, -0.05) is 30.3 Å². The van der Waals surface area contributed by atoms with Crippen LogP contribution in [0.1, 0.15) is 18.9 Å². The highest BCUT2D eigenvalue weighted by atomic mass is 16.5. The third-order valence-corrected chi connectivity index (χ3v) is 3.92. The number of methoxy groups -OCH3 is 1. The molecule has 0 aromatic heterocycles. The van der Waals surface area contributed by atoms with E-state index in [1.807, 2.05) is 25.1 Å². The van der Waals surface area contributed by atoms with Gasteiger partial charge < -0.3 is 9.84 Å². The molecule has 1 saturated heterocycles. The smallest absolute Gasteiger partial charge is 0.312 e. The van der Waals surface area contributed by atoms with Crippen LogP contribution in [-0.2, 0) is 16.1 Å². The van der Waals surface area contributed by atoms with Crippen LogP contribution in [0.2, 0.25) is 0 Å². The molecule has 2 rings (SSSR count). The van der Waals surface area contributed by atoms with Crippen molar-refractivity contribution < 1.29 is 14.6 Å². The van der Waals surface area contributed by atoms with Gasteiger partial charge in [0.25, 0.3) is 0 Å². The summed E-state index contributed by atoms with van der Waals surface area (Å²) in [5.41, 5.74) is 1.22. The summed E-state index contributed by atoms with van der Waals surface area (Å²) in [6.45, 7) is 3.57. The second-order valence-electron chi connectivity index (χ2n) is 5.10. The van der Waals surface area contributed by atoms with Crippen LogP contribution >= 0.6 is 0 Å². The molecular formula is C15H21NO3. The number of aliphatic hydroxyl groups is 1. The lowest BCUT2D eigenvalue weighted by Gasteiger charge is -2.40. The van der Waals surface area contributed by atoms with Crippen molar-refractivity contribution >= 4 is 5.97 Å². The molecule has 19 heavy (non-hydrogen) atoms. The van der Waals surface area contributed by atoms with Gasteiger partial charge >= 0.3 is 5.97 Å². The maximum Gasteiger partial charge on any atom is 0.312 e. The van der Waals surface area contributed by atoms with Crippen molar-refractivity contribution in [2.45, 2.75) is 32.0 Å². The standard InChI is InChI=1S/C15H21NO3/c1-11-14(15(18)19-2)13(17)8-9-16(11)10-12-6-4-3-5-7-12/h3-7,11,13-14,17H,8-10H2,1-2H3/t11-,13+,14+/m1/s1. The molecule has 1 N–H and O–H groups in total. The summed E-state index contributed by atoms with van der Waals surface area (Å²) >= 11 is 0. The van der Waals surface area contributed by atoms with E-state index in [1.54, 1.807) is 0 Å². The molecule has 1 aromatic carbocycles. The highest BCUT2D eigenvalue weighted by molar-refractivity contribution is 5.74. The molecular weight excluding hydrogens is 242 g/mol. The molecule has 0 bridgehead atoms. The molecule has 0 amide bonds. The zero-order valence-corrected chi connectivity index (χ0v) is 11.5. The second-order valence-corrected chi connectivity index (χ2v) is 5.10. The van der Waals surface area contributed by atoms with Crippen LogP contribution in [0.3, 0.4) is 0 Å². The minimum Gasteiger partial charge on any atom is -0.469 e. The molecule has 0 aliphatic carbocycles. The highest BCUT2D eigenvalue weighted by Crippen LogP contribution is 2.26. The van der Waals surface area contributed by atoms with Crippen LogP contribution < -0.4 is 0 Å². The van der Waals surface area contributed by atoms with Gasteiger partial charge in [0.2, 0.25) is 0 Å². The predicted molar refractivity (Wildman–Crippen MR) is 72.4 cm³/mol. The molecule has 1 heterocycles. The Morgan fingerprint density at radius 2 is 2.11 bits per heavy atom. The van der Waals surface area contributed by atoms with Crippen molar-refractivity contribution in [3.63, 3.8) is 0 Å². The van der Waals surface area contributed by atoms with Gasteiger partial charge in [-0.05, 0) is 18.9 Å². The van der Waals surface area contributed by atoms with Gasteiger partial charge in [0.1, 0.15) is 0 Å². The molecule has 1 aliphatic rings. The van der Waals surface area contributed by atoms with E-state index in [0.29, 0.717) is 6.42 Å². The number of ether oxygens (including phenoxy) is 1. The average molecular weight is 263 g/mol. The quantitative estimate of drug-likeness (QED) is 0.838. The van der Waals surface area contributed by atoms with Gasteiger partial charge in [-0.2, -0.15) is 0 Å². The third-order valence-electron chi connectivity index (χ3n) is 3.92. The van der Waals surface area contributed by atoms with Crippen LogP contribution in [0, 0.1) is 5.92 Å². The molecule has 1 fully saturated rings. The fourth-order valence-corrected chi connectivity index (χ4v) is 2.76. The SMILES string of the molecule is COC(=O)[C@H]1[C@@H](C)N(Cc2ccccc2)CC[C@@H]1O. The molecule has 1 aromatic rings. The number of carbonyl (C=O) groups is 1. The summed E-state index contributed by atoms with van der Waals surface area (Å²) in [7, 11) is 1.37. The number of carbonyl (C=O) groups excluding carboxylic acids is 1. The van der Waals surface area contributed by atoms with Crippen LogP contribution in [0.5, 0.6) is 0 Å². The number of benzene rings is 1. The zero-order valence-electron chi connectivity index (χ0n) is 11.5. The van der Waals surface area contributed by atoms with Gasteiger partial charge in [-0.3, -0.25) is 9.69 Å². The number of piperidine rings is 1. The molecule has 104 valence electrons. The maximum absolute atomic E-state index is 11.8. The summed E-state index contributed by atoms with van der Waals surface area (Å²) in [5, 5.41) is 10.00. The molecule has 0 spiro atoms. The largest absolute Gasteiger partial charge is 0.469 e. The predicted octanol–water partition coefficient (Wildman–Crippen LogP) is 1.43. The van der Waals surface area contributed by atoms with Gasteiger partial charge in [0, 0.05) is 19.1 Å². The van der Waals surface area contributed by atoms with Crippen molar-refractivity contribution in [1.29, 1.82) is 0 Å². The summed E-state index contributed by atoms with van der Waals surface area (Å²) in [4.78, 5) is 14.0. The first-order valence-electron chi connectivity index (χ1n) is 6.67. The topological polar surface area (TPSA) is 49.8 Å². The van der Waals surface area contributed by atoms with E-state index >= 15 is 0 Å². The molecule has 4 nitrogen and oxygen atoms in total. The first-order valence-corrected chi connectivity index (χ1v) is 6.67. The van der Waals surface area contributed by atoms with Gasteiger partial charge in [0.05, 0.1) is 19.1 Å². The number of hydrogen-bond donors (Lipinski definition) is 1. The van der Waals surface area contributed by atoms with Crippen molar-refractivity contribution in [2.24, 2.45) is 5.92 Å². The van der Waals surface area contributed by atoms with E-state index in [-0.39, 0.29) is 12.0 Å². The Morgan fingerprint density at radius 1 is 1.42 bits per heavy atom. The Kier molecular flexibility index (Phi) is 4.56. The van der Waals surface area contributed by atoms with Crippen molar-refractivity contribution in [1.82, 2.24) is 4.90 Å². The first kappa shape index (κ1) is 14.0. The highest BCUT2D eigenvalue weighted by Gasteiger charge is 2.39. The van der Waals surface area contributed by atoms with Crippen molar-refractivity contribution in [2.75, 3.05) is 13.7 Å². The Hall–Kier alpha value is -1.39. The summed E-state index contributed by atoms with van der Waals surface area (Å²) in [5.74, 6) is -0.778. The molecule has 1 aliphatic heterocycles. The van der Waals surface area contributed by atoms with Crippen LogP contribution in [0.25, 0.3) is 0 Å². The van der Waals surface area contributed by atoms with E-state index in [9.17, 15) is 9.90 Å². The van der Waals surface area contributed by atoms with E-state index in [1.165, 1.54) is 12.7 Å². The van der Waals surface area contributed by atoms with Crippen molar-refractivity contribution in [3.05, 3.63) is 35.9 Å². The van der Waals surface area contributed by atoms with E-state index in [0.717, 1.165) is 13.1 Å². The van der Waals surface area contributed by atoms with E-state index in [2.05, 4.69) is 17.0 Å². The molecule has 0 radical (unpaired) electrons. The molecule has 4 heteroatoms. The second kappa shape index (κ2) is 6.17. The van der Waals surface area contributed by atoms with Crippen LogP contribution in [0.4, 0.5) is 0 Å². The monoisotopic (exact) mass is 263 g/mol. The lowest BCUT2D eigenvalue weighted by atomic mass is 9.87. The number of rotatable bonds is 3.